The van der Waals surface area contributed by atoms with Gasteiger partial charge in [0.1, 0.15) is 11.1 Å². The molecule has 0 amide bonds. The number of pyridine rings is 1. The zero-order valence-corrected chi connectivity index (χ0v) is 21.7. The van der Waals surface area contributed by atoms with Crippen LogP contribution in [0.1, 0.15) is 56.1 Å². The second-order valence-corrected chi connectivity index (χ2v) is 10.9. The summed E-state index contributed by atoms with van der Waals surface area (Å²) in [6.07, 6.45) is 2.13. The van der Waals surface area contributed by atoms with Crippen molar-refractivity contribution in [3.63, 3.8) is 0 Å². The van der Waals surface area contributed by atoms with Crippen molar-refractivity contribution in [3.05, 3.63) is 40.1 Å². The number of nitrogens with zero attached hydrogens (tertiary/aromatic N) is 7. The first-order valence-corrected chi connectivity index (χ1v) is 13.3. The Morgan fingerprint density at radius 2 is 1.84 bits per heavy atom. The first kappa shape index (κ1) is 25.1. The van der Waals surface area contributed by atoms with E-state index in [0.29, 0.717) is 48.1 Å². The Morgan fingerprint density at radius 1 is 1.11 bits per heavy atom. The molecule has 0 radical (unpaired) electrons. The van der Waals surface area contributed by atoms with Crippen LogP contribution in [0.15, 0.2) is 23.1 Å². The fourth-order valence-electron chi connectivity index (χ4n) is 6.24. The van der Waals surface area contributed by atoms with E-state index in [9.17, 15) is 18.0 Å². The smallest absolute Gasteiger partial charge is 0.371 e. The van der Waals surface area contributed by atoms with Gasteiger partial charge in [-0.25, -0.2) is 4.68 Å². The Kier molecular flexibility index (Phi) is 6.12. The van der Waals surface area contributed by atoms with Crippen LogP contribution in [0.3, 0.4) is 0 Å². The summed E-state index contributed by atoms with van der Waals surface area (Å²) in [5, 5.41) is 5.16. The number of rotatable bonds is 3. The number of anilines is 2. The van der Waals surface area contributed by atoms with Crippen LogP contribution in [0.5, 0.6) is 0 Å². The molecule has 3 saturated heterocycles. The Morgan fingerprint density at radius 3 is 2.53 bits per heavy atom. The normalized spacial score (nSPS) is 22.1. The van der Waals surface area contributed by atoms with Crippen LogP contribution < -0.4 is 15.4 Å². The molecule has 1 unspecified atom stereocenters. The molecule has 3 fully saturated rings. The van der Waals surface area contributed by atoms with Crippen LogP contribution in [0, 0.1) is 12.3 Å². The number of halogens is 3. The molecule has 3 aliphatic rings. The van der Waals surface area contributed by atoms with Crippen molar-refractivity contribution in [3.8, 4) is 0 Å². The lowest BCUT2D eigenvalue weighted by molar-refractivity contribution is -0.141. The van der Waals surface area contributed by atoms with Crippen LogP contribution in [0.2, 0.25) is 0 Å². The Hall–Kier alpha value is -3.15. The first-order valence-electron chi connectivity index (χ1n) is 13.3. The van der Waals surface area contributed by atoms with Crippen LogP contribution in [-0.4, -0.2) is 57.1 Å². The van der Waals surface area contributed by atoms with E-state index in [1.165, 1.54) is 6.20 Å². The second-order valence-electron chi connectivity index (χ2n) is 10.9. The Balaban J connectivity index is 1.22. The minimum absolute atomic E-state index is 0.0232. The van der Waals surface area contributed by atoms with Gasteiger partial charge in [0.2, 0.25) is 5.95 Å². The van der Waals surface area contributed by atoms with E-state index in [0.717, 1.165) is 57.7 Å². The zero-order chi connectivity index (χ0) is 26.7. The van der Waals surface area contributed by atoms with Crippen molar-refractivity contribution in [2.75, 3.05) is 42.6 Å². The van der Waals surface area contributed by atoms with Gasteiger partial charge in [0.25, 0.3) is 5.56 Å². The molecule has 0 N–H and O–H groups in total. The minimum atomic E-state index is -4.46. The largest absolute Gasteiger partial charge is 0.433 e. The van der Waals surface area contributed by atoms with Gasteiger partial charge >= 0.3 is 6.18 Å². The van der Waals surface area contributed by atoms with Gasteiger partial charge < -0.3 is 14.5 Å². The highest BCUT2D eigenvalue weighted by Crippen LogP contribution is 2.43. The Labute approximate surface area is 218 Å². The molecule has 204 valence electrons. The summed E-state index contributed by atoms with van der Waals surface area (Å²) in [7, 11) is 1.75. The fourth-order valence-corrected chi connectivity index (χ4v) is 6.24. The first-order chi connectivity index (χ1) is 18.2. The third-order valence-electron chi connectivity index (χ3n) is 8.46. The fraction of sp³-hybridized carbons (Fsp3) is 0.615. The number of aryl methyl sites for hydroxylation is 1. The molecule has 6 heterocycles. The van der Waals surface area contributed by atoms with Gasteiger partial charge in [0.05, 0.1) is 5.69 Å². The van der Waals surface area contributed by atoms with Gasteiger partial charge in [0, 0.05) is 51.7 Å². The number of fused-ring (bicyclic) bond motifs is 1. The van der Waals surface area contributed by atoms with Crippen LogP contribution in [0.4, 0.5) is 24.8 Å². The van der Waals surface area contributed by atoms with E-state index in [4.69, 9.17) is 9.72 Å². The van der Waals surface area contributed by atoms with Crippen molar-refractivity contribution in [2.45, 2.75) is 57.9 Å². The maximum atomic E-state index is 13.4. The van der Waals surface area contributed by atoms with E-state index < -0.39 is 11.9 Å². The molecule has 1 atom stereocenters. The average Bonchev–Trinajstić information content (AvgIpc) is 3.48. The standard InChI is InChI=1S/C26H32F3N7O2/c1-17-21-22(36(32-17)20-5-3-4-14-38-20)31-24(33(2)23(21)37)34-11-7-25(8-12-34)9-13-35(16-25)18-6-10-30-19(15-18)26(27,28)29/h6,10,15,20H,3-5,7-9,11-14,16H2,1-2H3. The Bertz CT molecular complexity index is 1400. The van der Waals surface area contributed by atoms with Crippen molar-refractivity contribution in [1.29, 1.82) is 0 Å². The molecule has 38 heavy (non-hydrogen) atoms. The molecule has 0 saturated carbocycles. The van der Waals surface area contributed by atoms with Gasteiger partial charge in [-0.3, -0.25) is 14.3 Å². The molecule has 0 aromatic carbocycles. The third kappa shape index (κ3) is 4.32. The molecule has 0 bridgehead atoms. The quantitative estimate of drug-likeness (QED) is 0.505. The highest BCUT2D eigenvalue weighted by atomic mass is 19.4. The van der Waals surface area contributed by atoms with Crippen LogP contribution in [0.25, 0.3) is 11.0 Å². The zero-order valence-electron chi connectivity index (χ0n) is 21.7. The summed E-state index contributed by atoms with van der Waals surface area (Å²) in [6, 6.07) is 2.80. The molecule has 0 aliphatic carbocycles. The van der Waals surface area contributed by atoms with Crippen molar-refractivity contribution in [2.24, 2.45) is 12.5 Å². The summed E-state index contributed by atoms with van der Waals surface area (Å²) in [5.74, 6) is 0.619. The number of piperidine rings is 1. The lowest BCUT2D eigenvalue weighted by Crippen LogP contribution is -2.44. The third-order valence-corrected chi connectivity index (χ3v) is 8.46. The van der Waals surface area contributed by atoms with Crippen molar-refractivity contribution < 1.29 is 17.9 Å². The van der Waals surface area contributed by atoms with Crippen molar-refractivity contribution >= 4 is 22.7 Å². The number of aromatic nitrogens is 5. The van der Waals surface area contributed by atoms with Gasteiger partial charge in [-0.15, -0.1) is 0 Å². The van der Waals surface area contributed by atoms with E-state index in [2.05, 4.69) is 15.0 Å². The summed E-state index contributed by atoms with van der Waals surface area (Å²) >= 11 is 0. The van der Waals surface area contributed by atoms with Crippen LogP contribution >= 0.6 is 0 Å². The van der Waals surface area contributed by atoms with Gasteiger partial charge in [0.15, 0.2) is 11.9 Å². The second kappa shape index (κ2) is 9.25. The number of ether oxygens (including phenoxy) is 1. The number of hydrogen-bond donors (Lipinski definition) is 0. The molecule has 3 aromatic heterocycles. The molecular weight excluding hydrogens is 499 g/mol. The molecule has 9 nitrogen and oxygen atoms in total. The number of hydrogen-bond acceptors (Lipinski definition) is 7. The summed E-state index contributed by atoms with van der Waals surface area (Å²) < 4.78 is 48.8. The van der Waals surface area contributed by atoms with E-state index in [-0.39, 0.29) is 17.2 Å². The maximum Gasteiger partial charge on any atom is 0.433 e. The monoisotopic (exact) mass is 531 g/mol. The van der Waals surface area contributed by atoms with E-state index in [1.54, 1.807) is 22.4 Å². The molecule has 3 aliphatic heterocycles. The molecular formula is C26H32F3N7O2. The van der Waals surface area contributed by atoms with Gasteiger partial charge in [-0.2, -0.15) is 23.3 Å². The predicted molar refractivity (Wildman–Crippen MR) is 136 cm³/mol. The molecule has 1 spiro atoms. The highest BCUT2D eigenvalue weighted by molar-refractivity contribution is 5.78. The van der Waals surface area contributed by atoms with Gasteiger partial charge in [-0.05, 0) is 63.0 Å². The topological polar surface area (TPSA) is 81.3 Å². The molecule has 6 rings (SSSR count). The summed E-state index contributed by atoms with van der Waals surface area (Å²) in [4.78, 5) is 26.0. The summed E-state index contributed by atoms with van der Waals surface area (Å²) in [5.41, 5.74) is 0.835. The van der Waals surface area contributed by atoms with E-state index >= 15 is 0 Å². The maximum absolute atomic E-state index is 13.4. The average molecular weight is 532 g/mol. The van der Waals surface area contributed by atoms with Crippen molar-refractivity contribution in [1.82, 2.24) is 24.3 Å². The highest BCUT2D eigenvalue weighted by Gasteiger charge is 2.42. The van der Waals surface area contributed by atoms with Gasteiger partial charge in [-0.1, -0.05) is 0 Å². The van der Waals surface area contributed by atoms with E-state index in [1.807, 2.05) is 11.8 Å². The lowest BCUT2D eigenvalue weighted by Gasteiger charge is -2.40. The SMILES string of the molecule is Cc1nn(C2CCCCO2)c2nc(N3CCC4(CCN(c5ccnc(C(F)(F)F)c5)C4)CC3)n(C)c(=O)c12. The molecule has 3 aromatic rings. The predicted octanol–water partition coefficient (Wildman–Crippen LogP) is 4.05. The minimum Gasteiger partial charge on any atom is -0.371 e. The van der Waals surface area contributed by atoms with Crippen LogP contribution in [-0.2, 0) is 18.0 Å². The lowest BCUT2D eigenvalue weighted by atomic mass is 9.78. The summed E-state index contributed by atoms with van der Waals surface area (Å²) in [6.45, 7) is 5.36. The number of alkyl halides is 3. The molecule has 12 heteroatoms.